The van der Waals surface area contributed by atoms with Gasteiger partial charge in [-0.15, -0.1) is 0 Å². The third-order valence-corrected chi connectivity index (χ3v) is 2.73. The Balaban J connectivity index is 2.25. The number of piperazine rings is 1. The molecule has 0 aromatic heterocycles. The fourth-order valence-electron chi connectivity index (χ4n) is 2.00. The smallest absolute Gasteiger partial charge is 0.101 e. The summed E-state index contributed by atoms with van der Waals surface area (Å²) in [5, 5.41) is 12.4. The lowest BCUT2D eigenvalue weighted by molar-refractivity contribution is 0.484. The first kappa shape index (κ1) is 10.0. The van der Waals surface area contributed by atoms with Gasteiger partial charge in [0.1, 0.15) is 6.07 Å². The molecule has 1 atom stereocenters. The summed E-state index contributed by atoms with van der Waals surface area (Å²) in [7, 11) is 0. The number of benzene rings is 1. The Morgan fingerprint density at radius 2 is 2.27 bits per heavy atom. The molecule has 1 aliphatic rings. The molecule has 1 aromatic carbocycles. The maximum atomic E-state index is 9.02. The van der Waals surface area contributed by atoms with Crippen LogP contribution in [-0.4, -0.2) is 25.7 Å². The van der Waals surface area contributed by atoms with Gasteiger partial charge in [0.05, 0.1) is 11.3 Å². The normalized spacial score (nSPS) is 21.1. The summed E-state index contributed by atoms with van der Waals surface area (Å²) in [5.41, 5.74) is 1.83. The number of para-hydroxylation sites is 1. The van der Waals surface area contributed by atoms with Crippen LogP contribution >= 0.6 is 0 Å². The molecule has 0 aliphatic carbocycles. The molecule has 3 heteroatoms. The van der Waals surface area contributed by atoms with Crippen LogP contribution in [-0.2, 0) is 0 Å². The number of nitrogens with one attached hydrogen (secondary N) is 1. The molecule has 0 unspecified atom stereocenters. The van der Waals surface area contributed by atoms with E-state index in [-0.39, 0.29) is 0 Å². The lowest BCUT2D eigenvalue weighted by Crippen LogP contribution is -2.49. The minimum atomic E-state index is 0.491. The number of anilines is 1. The Kier molecular flexibility index (Phi) is 2.89. The number of hydrogen-bond donors (Lipinski definition) is 1. The van der Waals surface area contributed by atoms with Crippen LogP contribution in [0.25, 0.3) is 0 Å². The predicted octanol–water partition coefficient (Wildman–Crippen LogP) is 1.36. The number of rotatable bonds is 1. The van der Waals surface area contributed by atoms with Gasteiger partial charge in [0.15, 0.2) is 0 Å². The molecule has 1 N–H and O–H groups in total. The Labute approximate surface area is 90.3 Å². The second-order valence-corrected chi connectivity index (χ2v) is 3.93. The van der Waals surface area contributed by atoms with Crippen molar-refractivity contribution in [2.45, 2.75) is 13.0 Å². The highest BCUT2D eigenvalue weighted by Gasteiger charge is 2.17. The fraction of sp³-hybridized carbons (Fsp3) is 0.417. The topological polar surface area (TPSA) is 39.1 Å². The van der Waals surface area contributed by atoms with Gasteiger partial charge in [-0.2, -0.15) is 5.26 Å². The summed E-state index contributed by atoms with van der Waals surface area (Å²) in [6.45, 7) is 5.10. The van der Waals surface area contributed by atoms with Gasteiger partial charge in [-0.25, -0.2) is 0 Å². The minimum absolute atomic E-state index is 0.491. The first-order chi connectivity index (χ1) is 7.31. The quantitative estimate of drug-likeness (QED) is 0.745. The Hall–Kier alpha value is -1.53. The largest absolute Gasteiger partial charge is 0.368 e. The molecule has 0 saturated carbocycles. The summed E-state index contributed by atoms with van der Waals surface area (Å²) in [6, 6.07) is 10.5. The highest BCUT2D eigenvalue weighted by atomic mass is 15.2. The van der Waals surface area contributed by atoms with Gasteiger partial charge in [-0.1, -0.05) is 12.1 Å². The van der Waals surface area contributed by atoms with Crippen LogP contribution in [0, 0.1) is 11.3 Å². The molecule has 3 nitrogen and oxygen atoms in total. The molecule has 1 saturated heterocycles. The molecule has 1 fully saturated rings. The minimum Gasteiger partial charge on any atom is -0.368 e. The monoisotopic (exact) mass is 201 g/mol. The molecule has 1 aromatic rings. The third kappa shape index (κ3) is 2.11. The zero-order valence-corrected chi connectivity index (χ0v) is 8.90. The first-order valence-electron chi connectivity index (χ1n) is 5.28. The van der Waals surface area contributed by atoms with Crippen molar-refractivity contribution in [3.05, 3.63) is 29.8 Å². The molecule has 1 heterocycles. The maximum Gasteiger partial charge on any atom is 0.101 e. The van der Waals surface area contributed by atoms with Crippen molar-refractivity contribution >= 4 is 5.69 Å². The van der Waals surface area contributed by atoms with E-state index < -0.39 is 0 Å². The summed E-state index contributed by atoms with van der Waals surface area (Å²) < 4.78 is 0. The van der Waals surface area contributed by atoms with Gasteiger partial charge in [-0.3, -0.25) is 0 Å². The Morgan fingerprint density at radius 3 is 3.00 bits per heavy atom. The zero-order valence-electron chi connectivity index (χ0n) is 8.90. The van der Waals surface area contributed by atoms with Crippen molar-refractivity contribution in [2.75, 3.05) is 24.5 Å². The van der Waals surface area contributed by atoms with Crippen molar-refractivity contribution in [1.29, 1.82) is 5.26 Å². The summed E-state index contributed by atoms with van der Waals surface area (Å²) >= 11 is 0. The molecule has 0 amide bonds. The van der Waals surface area contributed by atoms with Crippen LogP contribution in [0.1, 0.15) is 12.5 Å². The molecule has 0 spiro atoms. The average Bonchev–Trinajstić information content (AvgIpc) is 2.29. The van der Waals surface area contributed by atoms with Gasteiger partial charge in [0, 0.05) is 25.7 Å². The van der Waals surface area contributed by atoms with Crippen molar-refractivity contribution in [3.8, 4) is 6.07 Å². The zero-order chi connectivity index (χ0) is 10.7. The standard InChI is InChI=1S/C12H15N3/c1-10-9-15(7-6-14-10)12-5-3-2-4-11(12)8-13/h2-5,10,14H,6-7,9H2,1H3/t10-/m0/s1. The Bertz CT molecular complexity index is 381. The van der Waals surface area contributed by atoms with E-state index in [0.717, 1.165) is 30.9 Å². The molecule has 0 bridgehead atoms. The molecular weight excluding hydrogens is 186 g/mol. The van der Waals surface area contributed by atoms with E-state index in [2.05, 4.69) is 23.2 Å². The van der Waals surface area contributed by atoms with E-state index >= 15 is 0 Å². The van der Waals surface area contributed by atoms with Crippen LogP contribution in [0.15, 0.2) is 24.3 Å². The lowest BCUT2D eigenvalue weighted by Gasteiger charge is -2.34. The van der Waals surface area contributed by atoms with Crippen molar-refractivity contribution in [3.63, 3.8) is 0 Å². The molecular formula is C12H15N3. The van der Waals surface area contributed by atoms with Gasteiger partial charge in [0.25, 0.3) is 0 Å². The number of nitriles is 1. The predicted molar refractivity (Wildman–Crippen MR) is 60.8 cm³/mol. The first-order valence-corrected chi connectivity index (χ1v) is 5.28. The molecule has 2 rings (SSSR count). The number of hydrogen-bond acceptors (Lipinski definition) is 3. The van der Waals surface area contributed by atoms with Crippen LogP contribution in [0.5, 0.6) is 0 Å². The second-order valence-electron chi connectivity index (χ2n) is 3.93. The summed E-state index contributed by atoms with van der Waals surface area (Å²) in [6.07, 6.45) is 0. The highest BCUT2D eigenvalue weighted by Crippen LogP contribution is 2.20. The van der Waals surface area contributed by atoms with Gasteiger partial charge >= 0.3 is 0 Å². The van der Waals surface area contributed by atoms with Gasteiger partial charge in [0.2, 0.25) is 0 Å². The van der Waals surface area contributed by atoms with E-state index in [1.165, 1.54) is 0 Å². The molecule has 1 aliphatic heterocycles. The van der Waals surface area contributed by atoms with E-state index in [1.807, 2.05) is 24.3 Å². The third-order valence-electron chi connectivity index (χ3n) is 2.73. The van der Waals surface area contributed by atoms with Crippen molar-refractivity contribution in [1.82, 2.24) is 5.32 Å². The van der Waals surface area contributed by atoms with E-state index in [4.69, 9.17) is 5.26 Å². The summed E-state index contributed by atoms with van der Waals surface area (Å²) in [4.78, 5) is 2.28. The lowest BCUT2D eigenvalue weighted by atomic mass is 10.1. The van der Waals surface area contributed by atoms with E-state index in [0.29, 0.717) is 6.04 Å². The maximum absolute atomic E-state index is 9.02. The molecule has 15 heavy (non-hydrogen) atoms. The Morgan fingerprint density at radius 1 is 1.47 bits per heavy atom. The highest BCUT2D eigenvalue weighted by molar-refractivity contribution is 5.59. The van der Waals surface area contributed by atoms with Crippen LogP contribution < -0.4 is 10.2 Å². The molecule has 78 valence electrons. The molecule has 0 radical (unpaired) electrons. The summed E-state index contributed by atoms with van der Waals surface area (Å²) in [5.74, 6) is 0. The number of nitrogens with zero attached hydrogens (tertiary/aromatic N) is 2. The van der Waals surface area contributed by atoms with Crippen LogP contribution in [0.2, 0.25) is 0 Å². The van der Waals surface area contributed by atoms with E-state index in [1.54, 1.807) is 0 Å². The van der Waals surface area contributed by atoms with Crippen LogP contribution in [0.3, 0.4) is 0 Å². The van der Waals surface area contributed by atoms with Gasteiger partial charge < -0.3 is 10.2 Å². The fourth-order valence-corrected chi connectivity index (χ4v) is 2.00. The van der Waals surface area contributed by atoms with E-state index in [9.17, 15) is 0 Å². The van der Waals surface area contributed by atoms with Gasteiger partial charge in [-0.05, 0) is 19.1 Å². The SMILES string of the molecule is C[C@H]1CN(c2ccccc2C#N)CCN1. The van der Waals surface area contributed by atoms with Crippen molar-refractivity contribution in [2.24, 2.45) is 0 Å². The average molecular weight is 201 g/mol. The second kappa shape index (κ2) is 4.33. The van der Waals surface area contributed by atoms with Crippen LogP contribution in [0.4, 0.5) is 5.69 Å². The van der Waals surface area contributed by atoms with Crippen molar-refractivity contribution < 1.29 is 0 Å².